The number of amidine groups is 1. The van der Waals surface area contributed by atoms with Crippen molar-refractivity contribution in [1.82, 2.24) is 5.32 Å². The van der Waals surface area contributed by atoms with Gasteiger partial charge in [0.2, 0.25) is 0 Å². The van der Waals surface area contributed by atoms with Gasteiger partial charge in [-0.05, 0) is 12.8 Å². The van der Waals surface area contributed by atoms with Gasteiger partial charge in [-0.15, -0.1) is 0 Å². The van der Waals surface area contributed by atoms with Crippen molar-refractivity contribution < 1.29 is 4.74 Å². The molecular weight excluding hydrogens is 164 g/mol. The Morgan fingerprint density at radius 1 is 1.23 bits per heavy atom. The van der Waals surface area contributed by atoms with Crippen LogP contribution in [0.15, 0.2) is 4.99 Å². The van der Waals surface area contributed by atoms with Crippen LogP contribution in [0.4, 0.5) is 0 Å². The Morgan fingerprint density at radius 2 is 2.08 bits per heavy atom. The number of ether oxygens (including phenoxy) is 1. The van der Waals surface area contributed by atoms with E-state index >= 15 is 0 Å². The number of hydrogen-bond acceptors (Lipinski definition) is 3. The molecule has 2 rings (SSSR count). The van der Waals surface area contributed by atoms with Crippen molar-refractivity contribution in [3.05, 3.63) is 0 Å². The molecule has 1 saturated carbocycles. The fourth-order valence-corrected chi connectivity index (χ4v) is 2.03. The molecule has 0 aromatic rings. The van der Waals surface area contributed by atoms with Gasteiger partial charge in [0.15, 0.2) is 0 Å². The largest absolute Gasteiger partial charge is 0.372 e. The first kappa shape index (κ1) is 9.00. The summed E-state index contributed by atoms with van der Waals surface area (Å²) in [6.07, 6.45) is 6.75. The first-order valence-electron chi connectivity index (χ1n) is 5.33. The highest BCUT2D eigenvalue weighted by atomic mass is 16.5. The molecule has 1 N–H and O–H groups in total. The first-order chi connectivity index (χ1) is 6.45. The lowest BCUT2D eigenvalue weighted by molar-refractivity contribution is 0.166. The third-order valence-corrected chi connectivity index (χ3v) is 2.75. The summed E-state index contributed by atoms with van der Waals surface area (Å²) >= 11 is 0. The van der Waals surface area contributed by atoms with Crippen LogP contribution >= 0.6 is 0 Å². The molecule has 13 heavy (non-hydrogen) atoms. The van der Waals surface area contributed by atoms with Gasteiger partial charge in [0, 0.05) is 6.04 Å². The zero-order valence-electron chi connectivity index (χ0n) is 8.09. The number of aliphatic imine (C=N–C) groups is 1. The van der Waals surface area contributed by atoms with Crippen LogP contribution in [-0.4, -0.2) is 31.6 Å². The second-order valence-corrected chi connectivity index (χ2v) is 3.86. The number of nitrogens with zero attached hydrogens (tertiary/aromatic N) is 1. The standard InChI is InChI=1S/C10H18N2O/c1-2-4-9(5-3-1)12-10-8-13-7-6-11-10/h9H,1-8H2,(H,11,12). The van der Waals surface area contributed by atoms with Crippen LogP contribution in [-0.2, 0) is 4.74 Å². The molecule has 1 fully saturated rings. The molecule has 1 heterocycles. The molecule has 74 valence electrons. The van der Waals surface area contributed by atoms with E-state index in [0.717, 1.165) is 19.0 Å². The van der Waals surface area contributed by atoms with E-state index in [2.05, 4.69) is 10.3 Å². The minimum atomic E-state index is 0.661. The SMILES string of the molecule is C1CCC(NC2=NCCOC2)CC1. The van der Waals surface area contributed by atoms with Crippen LogP contribution in [0.2, 0.25) is 0 Å². The summed E-state index contributed by atoms with van der Waals surface area (Å²) in [4.78, 5) is 4.40. The summed E-state index contributed by atoms with van der Waals surface area (Å²) in [6, 6.07) is 0.661. The Kier molecular flexibility index (Phi) is 3.19. The van der Waals surface area contributed by atoms with Crippen LogP contribution in [0.25, 0.3) is 0 Å². The smallest absolute Gasteiger partial charge is 0.123 e. The Bertz CT molecular complexity index is 185. The topological polar surface area (TPSA) is 33.6 Å². The third-order valence-electron chi connectivity index (χ3n) is 2.75. The molecule has 0 amide bonds. The molecule has 0 unspecified atom stereocenters. The lowest BCUT2D eigenvalue weighted by Crippen LogP contribution is -2.40. The lowest BCUT2D eigenvalue weighted by atomic mass is 9.95. The molecule has 3 nitrogen and oxygen atoms in total. The van der Waals surface area contributed by atoms with Crippen molar-refractivity contribution in [2.45, 2.75) is 38.1 Å². The summed E-state index contributed by atoms with van der Waals surface area (Å²) in [5.41, 5.74) is 0. The molecule has 0 saturated heterocycles. The van der Waals surface area contributed by atoms with Crippen LogP contribution in [0.5, 0.6) is 0 Å². The highest BCUT2D eigenvalue weighted by molar-refractivity contribution is 5.84. The zero-order valence-corrected chi connectivity index (χ0v) is 8.09. The van der Waals surface area contributed by atoms with Crippen LogP contribution in [0, 0.1) is 0 Å². The second-order valence-electron chi connectivity index (χ2n) is 3.86. The predicted molar refractivity (Wildman–Crippen MR) is 53.1 cm³/mol. The van der Waals surface area contributed by atoms with Crippen LogP contribution in [0.3, 0.4) is 0 Å². The predicted octanol–water partition coefficient (Wildman–Crippen LogP) is 1.34. The van der Waals surface area contributed by atoms with E-state index in [1.54, 1.807) is 0 Å². The number of hydrogen-bond donors (Lipinski definition) is 1. The molecular formula is C10H18N2O. The maximum absolute atomic E-state index is 5.33. The van der Waals surface area contributed by atoms with E-state index in [9.17, 15) is 0 Å². The number of rotatable bonds is 1. The Morgan fingerprint density at radius 3 is 2.77 bits per heavy atom. The van der Waals surface area contributed by atoms with E-state index in [-0.39, 0.29) is 0 Å². The van der Waals surface area contributed by atoms with Crippen molar-refractivity contribution >= 4 is 5.84 Å². The van der Waals surface area contributed by atoms with Gasteiger partial charge in [0.05, 0.1) is 13.2 Å². The molecule has 0 atom stereocenters. The fourth-order valence-electron chi connectivity index (χ4n) is 2.03. The molecule has 0 aromatic carbocycles. The quantitative estimate of drug-likeness (QED) is 0.664. The van der Waals surface area contributed by atoms with E-state index < -0.39 is 0 Å². The first-order valence-corrected chi connectivity index (χ1v) is 5.33. The maximum atomic E-state index is 5.33. The molecule has 1 aliphatic heterocycles. The average Bonchev–Trinajstić information content (AvgIpc) is 2.21. The highest BCUT2D eigenvalue weighted by Gasteiger charge is 2.15. The molecule has 0 spiro atoms. The minimum Gasteiger partial charge on any atom is -0.372 e. The van der Waals surface area contributed by atoms with Crippen molar-refractivity contribution in [2.75, 3.05) is 19.8 Å². The molecule has 0 bridgehead atoms. The zero-order chi connectivity index (χ0) is 8.93. The van der Waals surface area contributed by atoms with Gasteiger partial charge >= 0.3 is 0 Å². The van der Waals surface area contributed by atoms with Gasteiger partial charge in [-0.25, -0.2) is 0 Å². The van der Waals surface area contributed by atoms with E-state index in [1.165, 1.54) is 32.1 Å². The van der Waals surface area contributed by atoms with Crippen molar-refractivity contribution in [2.24, 2.45) is 4.99 Å². The summed E-state index contributed by atoms with van der Waals surface area (Å²) < 4.78 is 5.33. The average molecular weight is 182 g/mol. The van der Waals surface area contributed by atoms with Gasteiger partial charge in [-0.1, -0.05) is 19.3 Å². The number of nitrogens with one attached hydrogen (secondary N) is 1. The van der Waals surface area contributed by atoms with Gasteiger partial charge < -0.3 is 10.1 Å². The Hall–Kier alpha value is -0.570. The summed E-state index contributed by atoms with van der Waals surface area (Å²) in [5.74, 6) is 1.07. The van der Waals surface area contributed by atoms with E-state index in [0.29, 0.717) is 12.6 Å². The van der Waals surface area contributed by atoms with Gasteiger partial charge in [-0.2, -0.15) is 0 Å². The van der Waals surface area contributed by atoms with Crippen molar-refractivity contribution in [3.63, 3.8) is 0 Å². The monoisotopic (exact) mass is 182 g/mol. The highest BCUT2D eigenvalue weighted by Crippen LogP contribution is 2.17. The second kappa shape index (κ2) is 4.61. The van der Waals surface area contributed by atoms with E-state index in [1.807, 2.05) is 0 Å². The maximum Gasteiger partial charge on any atom is 0.123 e. The van der Waals surface area contributed by atoms with E-state index in [4.69, 9.17) is 4.74 Å². The fraction of sp³-hybridized carbons (Fsp3) is 0.900. The Balaban J connectivity index is 1.78. The van der Waals surface area contributed by atoms with Gasteiger partial charge in [0.25, 0.3) is 0 Å². The minimum absolute atomic E-state index is 0.661. The van der Waals surface area contributed by atoms with Crippen molar-refractivity contribution in [3.8, 4) is 0 Å². The summed E-state index contributed by atoms with van der Waals surface area (Å²) in [6.45, 7) is 2.31. The van der Waals surface area contributed by atoms with Crippen LogP contribution < -0.4 is 5.32 Å². The molecule has 0 aromatic heterocycles. The Labute approximate surface area is 79.6 Å². The molecule has 0 radical (unpaired) electrons. The van der Waals surface area contributed by atoms with Crippen LogP contribution in [0.1, 0.15) is 32.1 Å². The lowest BCUT2D eigenvalue weighted by Gasteiger charge is -2.25. The van der Waals surface area contributed by atoms with Crippen molar-refractivity contribution in [1.29, 1.82) is 0 Å². The molecule has 1 aliphatic carbocycles. The molecule has 2 aliphatic rings. The summed E-state index contributed by atoms with van der Waals surface area (Å²) in [5, 5.41) is 3.48. The third kappa shape index (κ3) is 2.69. The van der Waals surface area contributed by atoms with Gasteiger partial charge in [-0.3, -0.25) is 4.99 Å². The summed E-state index contributed by atoms with van der Waals surface area (Å²) in [7, 11) is 0. The normalized spacial score (nSPS) is 25.4. The van der Waals surface area contributed by atoms with Gasteiger partial charge in [0.1, 0.15) is 12.4 Å². The molecule has 3 heteroatoms.